The normalized spacial score (nSPS) is 16.7. The van der Waals surface area contributed by atoms with E-state index in [9.17, 15) is 10.1 Å². The van der Waals surface area contributed by atoms with E-state index < -0.39 is 6.09 Å². The van der Waals surface area contributed by atoms with Crippen LogP contribution in [0.15, 0.2) is 12.3 Å². The van der Waals surface area contributed by atoms with Gasteiger partial charge in [-0.1, -0.05) is 0 Å². The van der Waals surface area contributed by atoms with E-state index in [2.05, 4.69) is 25.0 Å². The van der Waals surface area contributed by atoms with E-state index in [0.29, 0.717) is 31.1 Å². The number of hydrogen-bond acceptors (Lipinski definition) is 8. The van der Waals surface area contributed by atoms with Gasteiger partial charge in [-0.3, -0.25) is 0 Å². The van der Waals surface area contributed by atoms with Gasteiger partial charge in [0.1, 0.15) is 16.9 Å². The van der Waals surface area contributed by atoms with Crippen molar-refractivity contribution in [2.24, 2.45) is 0 Å². The van der Waals surface area contributed by atoms with Crippen LogP contribution in [0.4, 0.5) is 21.4 Å². The maximum absolute atomic E-state index is 11.0. The number of aryl methyl sites for hydroxylation is 1. The fourth-order valence-electron chi connectivity index (χ4n) is 2.43. The molecule has 1 amide bonds. The Morgan fingerprint density at radius 1 is 1.58 bits per heavy atom. The summed E-state index contributed by atoms with van der Waals surface area (Å²) in [7, 11) is 0. The minimum absolute atomic E-state index is 0.0261. The standard InChI is InChI=1S/C14H15N7O2S/c1-8-4-12(24-20-8)19-13-10(5-15)16-6-11(18-13)17-9-2-3-21(7-9)14(22)23/h4,6,9H,2-3,7H2,1H3,(H,22,23)(H2,17,18,19)/t9-/m0/s1. The fraction of sp³-hybridized carbons (Fsp3) is 0.357. The number of aromatic nitrogens is 3. The lowest BCUT2D eigenvalue weighted by atomic mass is 10.2. The summed E-state index contributed by atoms with van der Waals surface area (Å²) in [5.41, 5.74) is 1.06. The predicted octanol–water partition coefficient (Wildman–Crippen LogP) is 2.02. The fourth-order valence-corrected chi connectivity index (χ4v) is 3.09. The van der Waals surface area contributed by atoms with Gasteiger partial charge in [-0.25, -0.2) is 14.8 Å². The van der Waals surface area contributed by atoms with E-state index in [0.717, 1.165) is 10.7 Å². The first-order valence-electron chi connectivity index (χ1n) is 7.27. The third-order valence-electron chi connectivity index (χ3n) is 3.56. The molecule has 0 aromatic carbocycles. The van der Waals surface area contributed by atoms with Gasteiger partial charge in [-0.15, -0.1) is 0 Å². The second-order valence-corrected chi connectivity index (χ2v) is 6.19. The van der Waals surface area contributed by atoms with Crippen LogP contribution in [0.3, 0.4) is 0 Å². The maximum atomic E-state index is 11.0. The van der Waals surface area contributed by atoms with Gasteiger partial charge in [-0.2, -0.15) is 9.64 Å². The average molecular weight is 345 g/mol. The summed E-state index contributed by atoms with van der Waals surface area (Å²) in [6, 6.07) is 3.83. The van der Waals surface area contributed by atoms with Crippen LogP contribution in [-0.4, -0.2) is 49.6 Å². The Kier molecular flexibility index (Phi) is 4.43. The molecule has 124 valence electrons. The number of nitrogens with one attached hydrogen (secondary N) is 2. The lowest BCUT2D eigenvalue weighted by Crippen LogP contribution is -2.30. The summed E-state index contributed by atoms with van der Waals surface area (Å²) in [6.45, 7) is 2.76. The molecule has 2 aromatic heterocycles. The molecular weight excluding hydrogens is 330 g/mol. The SMILES string of the molecule is Cc1cc(Nc2nc(N[C@H]3CCN(C(=O)O)C3)cnc2C#N)sn1. The van der Waals surface area contributed by atoms with Crippen LogP contribution in [0.25, 0.3) is 0 Å². The third kappa shape index (κ3) is 3.52. The number of hydrogen-bond donors (Lipinski definition) is 3. The van der Waals surface area contributed by atoms with Crippen molar-refractivity contribution in [1.29, 1.82) is 5.26 Å². The summed E-state index contributed by atoms with van der Waals surface area (Å²) in [5.74, 6) is 0.842. The number of rotatable bonds is 4. The summed E-state index contributed by atoms with van der Waals surface area (Å²) < 4.78 is 4.17. The molecule has 0 radical (unpaired) electrons. The van der Waals surface area contributed by atoms with Gasteiger partial charge in [0.15, 0.2) is 11.5 Å². The number of nitrogens with zero attached hydrogens (tertiary/aromatic N) is 5. The van der Waals surface area contributed by atoms with Crippen molar-refractivity contribution in [2.45, 2.75) is 19.4 Å². The highest BCUT2D eigenvalue weighted by Gasteiger charge is 2.26. The Hall–Kier alpha value is -2.93. The molecule has 3 heterocycles. The zero-order valence-corrected chi connectivity index (χ0v) is 13.7. The second kappa shape index (κ2) is 6.67. The molecule has 3 rings (SSSR count). The van der Waals surface area contributed by atoms with E-state index in [4.69, 9.17) is 5.11 Å². The van der Waals surface area contributed by atoms with Crippen LogP contribution in [-0.2, 0) is 0 Å². The molecule has 0 bridgehead atoms. The Bertz CT molecular complexity index is 801. The third-order valence-corrected chi connectivity index (χ3v) is 4.35. The molecule has 1 fully saturated rings. The van der Waals surface area contributed by atoms with Crippen LogP contribution in [0, 0.1) is 18.3 Å². The lowest BCUT2D eigenvalue weighted by Gasteiger charge is -2.15. The molecule has 0 unspecified atom stereocenters. The number of amides is 1. The van der Waals surface area contributed by atoms with Crippen molar-refractivity contribution in [2.75, 3.05) is 23.7 Å². The van der Waals surface area contributed by atoms with E-state index in [-0.39, 0.29) is 11.7 Å². The largest absolute Gasteiger partial charge is 0.465 e. The lowest BCUT2D eigenvalue weighted by molar-refractivity contribution is 0.155. The van der Waals surface area contributed by atoms with E-state index in [1.54, 1.807) is 0 Å². The molecule has 1 atom stereocenters. The number of nitriles is 1. The Labute approximate surface area is 142 Å². The van der Waals surface area contributed by atoms with Gasteiger partial charge in [0.05, 0.1) is 11.9 Å². The van der Waals surface area contributed by atoms with Crippen molar-refractivity contribution < 1.29 is 9.90 Å². The average Bonchev–Trinajstić information content (AvgIpc) is 3.17. The molecule has 3 N–H and O–H groups in total. The highest BCUT2D eigenvalue weighted by atomic mass is 32.1. The van der Waals surface area contributed by atoms with Crippen molar-refractivity contribution in [3.63, 3.8) is 0 Å². The predicted molar refractivity (Wildman–Crippen MR) is 88.5 cm³/mol. The Morgan fingerprint density at radius 2 is 2.42 bits per heavy atom. The highest BCUT2D eigenvalue weighted by Crippen LogP contribution is 2.23. The maximum Gasteiger partial charge on any atom is 0.407 e. The first kappa shape index (κ1) is 15.9. The van der Waals surface area contributed by atoms with E-state index in [1.165, 1.54) is 22.6 Å². The summed E-state index contributed by atoms with van der Waals surface area (Å²) in [6.07, 6.45) is 1.25. The second-order valence-electron chi connectivity index (χ2n) is 5.38. The van der Waals surface area contributed by atoms with E-state index >= 15 is 0 Å². The van der Waals surface area contributed by atoms with Crippen molar-refractivity contribution in [3.05, 3.63) is 23.7 Å². The monoisotopic (exact) mass is 345 g/mol. The van der Waals surface area contributed by atoms with Crippen LogP contribution < -0.4 is 10.6 Å². The first-order chi connectivity index (χ1) is 11.5. The van der Waals surface area contributed by atoms with Crippen molar-refractivity contribution in [3.8, 4) is 6.07 Å². The van der Waals surface area contributed by atoms with Gasteiger partial charge in [0.25, 0.3) is 0 Å². The Morgan fingerprint density at radius 3 is 3.04 bits per heavy atom. The Balaban J connectivity index is 1.74. The number of likely N-dealkylation sites (tertiary alicyclic amines) is 1. The molecule has 24 heavy (non-hydrogen) atoms. The summed E-state index contributed by atoms with van der Waals surface area (Å²) in [4.78, 5) is 20.8. The molecule has 2 aromatic rings. The van der Waals surface area contributed by atoms with Crippen molar-refractivity contribution >= 4 is 34.3 Å². The zero-order valence-electron chi connectivity index (χ0n) is 12.9. The molecule has 1 aliphatic heterocycles. The molecule has 10 heteroatoms. The molecular formula is C14H15N7O2S. The minimum atomic E-state index is -0.923. The van der Waals surface area contributed by atoms with Gasteiger partial charge in [-0.05, 0) is 30.9 Å². The number of carbonyl (C=O) groups is 1. The smallest absolute Gasteiger partial charge is 0.407 e. The topological polar surface area (TPSA) is 127 Å². The molecule has 1 saturated heterocycles. The van der Waals surface area contributed by atoms with Crippen LogP contribution in [0.1, 0.15) is 17.8 Å². The number of carboxylic acid groups (broad SMARTS) is 1. The zero-order chi connectivity index (χ0) is 17.1. The molecule has 9 nitrogen and oxygen atoms in total. The van der Waals surface area contributed by atoms with Crippen molar-refractivity contribution in [1.82, 2.24) is 19.2 Å². The van der Waals surface area contributed by atoms with Gasteiger partial charge < -0.3 is 20.6 Å². The van der Waals surface area contributed by atoms with Gasteiger partial charge >= 0.3 is 6.09 Å². The van der Waals surface area contributed by atoms with Gasteiger partial charge in [0.2, 0.25) is 0 Å². The number of anilines is 3. The van der Waals surface area contributed by atoms with E-state index in [1.807, 2.05) is 19.1 Å². The van der Waals surface area contributed by atoms with Crippen LogP contribution in [0.5, 0.6) is 0 Å². The molecule has 0 saturated carbocycles. The van der Waals surface area contributed by atoms with Gasteiger partial charge in [0, 0.05) is 19.1 Å². The quantitative estimate of drug-likeness (QED) is 0.768. The van der Waals surface area contributed by atoms with Crippen LogP contribution >= 0.6 is 11.5 Å². The summed E-state index contributed by atoms with van der Waals surface area (Å²) >= 11 is 1.28. The molecule has 0 spiro atoms. The van der Waals surface area contributed by atoms with Crippen LogP contribution in [0.2, 0.25) is 0 Å². The highest BCUT2D eigenvalue weighted by molar-refractivity contribution is 7.10. The minimum Gasteiger partial charge on any atom is -0.465 e. The molecule has 1 aliphatic rings. The summed E-state index contributed by atoms with van der Waals surface area (Å²) in [5, 5.41) is 25.2. The molecule has 0 aliphatic carbocycles. The first-order valence-corrected chi connectivity index (χ1v) is 8.04.